The highest BCUT2D eigenvalue weighted by atomic mass is 16.6. The molecule has 0 amide bonds. The summed E-state index contributed by atoms with van der Waals surface area (Å²) in [4.78, 5) is 11.3. The average molecular weight is 194 g/mol. The van der Waals surface area contributed by atoms with E-state index in [2.05, 4.69) is 6.08 Å². The van der Waals surface area contributed by atoms with E-state index in [1.807, 2.05) is 19.1 Å². The van der Waals surface area contributed by atoms with Gasteiger partial charge in [0.25, 0.3) is 0 Å². The molecule has 0 unspecified atom stereocenters. The molecule has 2 rings (SSSR count). The number of hydrogen-bond acceptors (Lipinski definition) is 3. The summed E-state index contributed by atoms with van der Waals surface area (Å²) in [6.45, 7) is 1.98. The molecule has 0 radical (unpaired) electrons. The molecule has 0 aromatic rings. The fraction of sp³-hybridized carbons (Fsp3) is 0.545. The Balaban J connectivity index is 2.20. The van der Waals surface area contributed by atoms with Crippen molar-refractivity contribution in [3.63, 3.8) is 0 Å². The second-order valence-electron chi connectivity index (χ2n) is 3.73. The highest BCUT2D eigenvalue weighted by Gasteiger charge is 2.52. The van der Waals surface area contributed by atoms with Crippen LogP contribution in [-0.4, -0.2) is 18.7 Å². The molecule has 2 atom stereocenters. The lowest BCUT2D eigenvalue weighted by molar-refractivity contribution is -0.159. The van der Waals surface area contributed by atoms with Gasteiger partial charge in [-0.25, -0.2) is 4.79 Å². The van der Waals surface area contributed by atoms with Crippen LogP contribution in [-0.2, 0) is 14.3 Å². The molecule has 0 N–H and O–H groups in total. The molecule has 1 spiro atoms. The molecule has 0 saturated heterocycles. The molecule has 76 valence electrons. The third-order valence-electron chi connectivity index (χ3n) is 2.98. The molecule has 1 aliphatic heterocycles. The maximum absolute atomic E-state index is 11.3. The van der Waals surface area contributed by atoms with Crippen molar-refractivity contribution >= 4 is 5.97 Å². The van der Waals surface area contributed by atoms with E-state index in [0.29, 0.717) is 11.7 Å². The van der Waals surface area contributed by atoms with Crippen molar-refractivity contribution in [1.29, 1.82) is 0 Å². The zero-order chi connectivity index (χ0) is 10.2. The Kier molecular flexibility index (Phi) is 2.10. The lowest BCUT2D eigenvalue weighted by Gasteiger charge is -2.42. The molecule has 0 bridgehead atoms. The summed E-state index contributed by atoms with van der Waals surface area (Å²) >= 11 is 0. The average Bonchev–Trinajstić information content (AvgIpc) is 2.53. The molecule has 3 heteroatoms. The van der Waals surface area contributed by atoms with Crippen molar-refractivity contribution in [1.82, 2.24) is 0 Å². The summed E-state index contributed by atoms with van der Waals surface area (Å²) in [6, 6.07) is 0. The predicted molar refractivity (Wildman–Crippen MR) is 51.5 cm³/mol. The first-order valence-electron chi connectivity index (χ1n) is 4.85. The van der Waals surface area contributed by atoms with Gasteiger partial charge in [-0.3, -0.25) is 0 Å². The van der Waals surface area contributed by atoms with Crippen LogP contribution in [0.25, 0.3) is 0 Å². The minimum Gasteiger partial charge on any atom is -0.490 e. The van der Waals surface area contributed by atoms with Crippen LogP contribution in [0.2, 0.25) is 0 Å². The largest absolute Gasteiger partial charge is 0.490 e. The molecule has 1 fully saturated rings. The van der Waals surface area contributed by atoms with Gasteiger partial charge >= 0.3 is 5.97 Å². The van der Waals surface area contributed by atoms with E-state index in [1.54, 1.807) is 0 Å². The first-order valence-corrected chi connectivity index (χ1v) is 4.85. The quantitative estimate of drug-likeness (QED) is 0.496. The number of esters is 1. The van der Waals surface area contributed by atoms with Crippen molar-refractivity contribution in [3.05, 3.63) is 24.0 Å². The lowest BCUT2D eigenvalue weighted by atomic mass is 9.69. The van der Waals surface area contributed by atoms with Crippen LogP contribution < -0.4 is 0 Å². The van der Waals surface area contributed by atoms with Gasteiger partial charge in [-0.15, -0.1) is 0 Å². The maximum atomic E-state index is 11.3. The highest BCUT2D eigenvalue weighted by molar-refractivity contribution is 5.89. The first kappa shape index (κ1) is 9.31. The third-order valence-corrected chi connectivity index (χ3v) is 2.98. The van der Waals surface area contributed by atoms with Crippen LogP contribution in [0.3, 0.4) is 0 Å². The van der Waals surface area contributed by atoms with Gasteiger partial charge in [-0.05, 0) is 19.8 Å². The molecule has 1 aliphatic carbocycles. The second kappa shape index (κ2) is 3.15. The Morgan fingerprint density at radius 1 is 1.71 bits per heavy atom. The Labute approximate surface area is 83.4 Å². The van der Waals surface area contributed by atoms with Crippen molar-refractivity contribution in [2.45, 2.75) is 25.4 Å². The van der Waals surface area contributed by atoms with Crippen LogP contribution in [0, 0.1) is 5.92 Å². The summed E-state index contributed by atoms with van der Waals surface area (Å²) in [6.07, 6.45) is 7.89. The van der Waals surface area contributed by atoms with Gasteiger partial charge in [0.05, 0.1) is 7.11 Å². The number of rotatable bonds is 2. The molecular formula is C11H14O3. The van der Waals surface area contributed by atoms with Gasteiger partial charge in [0, 0.05) is 12.0 Å². The fourth-order valence-corrected chi connectivity index (χ4v) is 2.07. The van der Waals surface area contributed by atoms with Gasteiger partial charge in [0.1, 0.15) is 5.60 Å². The molecule has 3 nitrogen and oxygen atoms in total. The Hall–Kier alpha value is -1.25. The number of allylic oxidation sites excluding steroid dienone is 1. The van der Waals surface area contributed by atoms with Gasteiger partial charge < -0.3 is 9.47 Å². The normalized spacial score (nSPS) is 35.7. The number of carbonyl (C=O) groups is 1. The zero-order valence-electron chi connectivity index (χ0n) is 8.45. The summed E-state index contributed by atoms with van der Waals surface area (Å²) in [5.41, 5.74) is -0.394. The van der Waals surface area contributed by atoms with Crippen molar-refractivity contribution in [3.8, 4) is 0 Å². The molecule has 2 aliphatic rings. The van der Waals surface area contributed by atoms with Crippen molar-refractivity contribution < 1.29 is 14.3 Å². The topological polar surface area (TPSA) is 35.5 Å². The van der Waals surface area contributed by atoms with E-state index in [0.717, 1.165) is 12.8 Å². The van der Waals surface area contributed by atoms with Crippen LogP contribution in [0.15, 0.2) is 24.0 Å². The SMILES string of the molecule is C/C=C/[C@H]1CC[C@]12C=C(OC)C(=O)O2. The highest BCUT2D eigenvalue weighted by Crippen LogP contribution is 2.47. The van der Waals surface area contributed by atoms with E-state index in [1.165, 1.54) is 7.11 Å². The lowest BCUT2D eigenvalue weighted by Crippen LogP contribution is -2.45. The summed E-state index contributed by atoms with van der Waals surface area (Å²) in [5.74, 6) is 0.338. The predicted octanol–water partition coefficient (Wildman–Crippen LogP) is 1.80. The molecule has 14 heavy (non-hydrogen) atoms. The minimum atomic E-state index is -0.394. The Bertz CT molecular complexity index is 316. The van der Waals surface area contributed by atoms with Crippen molar-refractivity contribution in [2.75, 3.05) is 7.11 Å². The first-order chi connectivity index (χ1) is 6.72. The molecule has 1 saturated carbocycles. The van der Waals surface area contributed by atoms with E-state index in [-0.39, 0.29) is 5.97 Å². The van der Waals surface area contributed by atoms with E-state index >= 15 is 0 Å². The summed E-state index contributed by atoms with van der Waals surface area (Å²) < 4.78 is 10.3. The smallest absolute Gasteiger partial charge is 0.374 e. The van der Waals surface area contributed by atoms with E-state index < -0.39 is 5.60 Å². The van der Waals surface area contributed by atoms with Gasteiger partial charge in [-0.2, -0.15) is 0 Å². The van der Waals surface area contributed by atoms with Crippen LogP contribution in [0.1, 0.15) is 19.8 Å². The fourth-order valence-electron chi connectivity index (χ4n) is 2.07. The second-order valence-corrected chi connectivity index (χ2v) is 3.73. The zero-order valence-corrected chi connectivity index (χ0v) is 8.45. The van der Waals surface area contributed by atoms with Crippen LogP contribution in [0.5, 0.6) is 0 Å². The molecule has 1 heterocycles. The monoisotopic (exact) mass is 194 g/mol. The standard InChI is InChI=1S/C11H14O3/c1-3-4-8-5-6-11(8)7-9(13-2)10(12)14-11/h3-4,7-8H,5-6H2,1-2H3/b4-3+/t8-,11-/m0/s1. The molecule has 0 aromatic carbocycles. The summed E-state index contributed by atoms with van der Waals surface area (Å²) in [7, 11) is 1.50. The number of ether oxygens (including phenoxy) is 2. The molecule has 0 aromatic heterocycles. The number of methoxy groups -OCH3 is 1. The molecular weight excluding hydrogens is 180 g/mol. The van der Waals surface area contributed by atoms with Gasteiger partial charge in [0.15, 0.2) is 0 Å². The Morgan fingerprint density at radius 2 is 2.50 bits per heavy atom. The Morgan fingerprint density at radius 3 is 2.93 bits per heavy atom. The van der Waals surface area contributed by atoms with Gasteiger partial charge in [0.2, 0.25) is 5.76 Å². The van der Waals surface area contributed by atoms with Crippen LogP contribution >= 0.6 is 0 Å². The van der Waals surface area contributed by atoms with E-state index in [9.17, 15) is 4.79 Å². The van der Waals surface area contributed by atoms with Crippen LogP contribution in [0.4, 0.5) is 0 Å². The number of carbonyl (C=O) groups excluding carboxylic acids is 1. The third kappa shape index (κ3) is 1.15. The number of hydrogen-bond donors (Lipinski definition) is 0. The van der Waals surface area contributed by atoms with E-state index in [4.69, 9.17) is 9.47 Å². The maximum Gasteiger partial charge on any atom is 0.374 e. The summed E-state index contributed by atoms with van der Waals surface area (Å²) in [5, 5.41) is 0. The van der Waals surface area contributed by atoms with Gasteiger partial charge in [-0.1, -0.05) is 12.2 Å². The minimum absolute atomic E-state index is 0.323. The van der Waals surface area contributed by atoms with Crippen molar-refractivity contribution in [2.24, 2.45) is 5.92 Å².